The number of piperazine rings is 1. The number of hydrogen-bond acceptors (Lipinski definition) is 3. The van der Waals surface area contributed by atoms with Crippen LogP contribution in [0.25, 0.3) is 10.4 Å². The molecule has 2 atom stereocenters. The number of nitrogens with one attached hydrogen (secondary N) is 1. The van der Waals surface area contributed by atoms with Crippen LogP contribution in [0, 0.1) is 5.82 Å². The highest BCUT2D eigenvalue weighted by molar-refractivity contribution is 7.17. The van der Waals surface area contributed by atoms with Crippen LogP contribution in [0.5, 0.6) is 0 Å². The molecule has 3 rings (SSSR count). The van der Waals surface area contributed by atoms with Crippen molar-refractivity contribution in [3.05, 3.63) is 47.1 Å². The fourth-order valence-corrected chi connectivity index (χ4v) is 3.67. The van der Waals surface area contributed by atoms with Crippen molar-refractivity contribution < 1.29 is 9.18 Å². The van der Waals surface area contributed by atoms with Crippen LogP contribution in [0.3, 0.4) is 0 Å². The van der Waals surface area contributed by atoms with Crippen molar-refractivity contribution in [2.45, 2.75) is 25.9 Å². The van der Waals surface area contributed by atoms with Crippen molar-refractivity contribution in [3.8, 4) is 10.4 Å². The van der Waals surface area contributed by atoms with Crippen LogP contribution in [0.4, 0.5) is 4.39 Å². The molecule has 0 bridgehead atoms. The van der Waals surface area contributed by atoms with Gasteiger partial charge in [-0.15, -0.1) is 11.3 Å². The normalized spacial score (nSPS) is 21.9. The van der Waals surface area contributed by atoms with Crippen LogP contribution in [-0.4, -0.2) is 36.0 Å². The van der Waals surface area contributed by atoms with Crippen molar-refractivity contribution >= 4 is 17.2 Å². The average Bonchev–Trinajstić information content (AvgIpc) is 3.00. The Morgan fingerprint density at radius 2 is 1.95 bits per heavy atom. The van der Waals surface area contributed by atoms with E-state index in [1.54, 1.807) is 12.1 Å². The van der Waals surface area contributed by atoms with Crippen molar-refractivity contribution in [3.63, 3.8) is 0 Å². The number of carbonyl (C=O) groups is 1. The molecule has 1 N–H and O–H groups in total. The molecule has 2 aromatic rings. The van der Waals surface area contributed by atoms with Gasteiger partial charge in [-0.05, 0) is 43.7 Å². The molecule has 0 radical (unpaired) electrons. The summed E-state index contributed by atoms with van der Waals surface area (Å²) in [7, 11) is 0. The molecule has 116 valence electrons. The third kappa shape index (κ3) is 2.91. The van der Waals surface area contributed by atoms with E-state index < -0.39 is 0 Å². The van der Waals surface area contributed by atoms with Gasteiger partial charge in [-0.25, -0.2) is 4.39 Å². The second-order valence-electron chi connectivity index (χ2n) is 5.65. The van der Waals surface area contributed by atoms with Crippen LogP contribution in [0.2, 0.25) is 0 Å². The molecule has 1 saturated heterocycles. The maximum Gasteiger partial charge on any atom is 0.264 e. The first-order chi connectivity index (χ1) is 10.6. The van der Waals surface area contributed by atoms with E-state index in [4.69, 9.17) is 0 Å². The topological polar surface area (TPSA) is 32.3 Å². The number of carbonyl (C=O) groups excluding carboxylic acids is 1. The predicted octanol–water partition coefficient (Wildman–Crippen LogP) is 3.38. The molecule has 1 aliphatic heterocycles. The predicted molar refractivity (Wildman–Crippen MR) is 87.7 cm³/mol. The fraction of sp³-hybridized carbons (Fsp3) is 0.353. The molecule has 0 aliphatic carbocycles. The molecule has 2 unspecified atom stereocenters. The molecule has 1 aromatic carbocycles. The Labute approximate surface area is 133 Å². The first-order valence-electron chi connectivity index (χ1n) is 7.46. The largest absolute Gasteiger partial charge is 0.332 e. The quantitative estimate of drug-likeness (QED) is 0.921. The van der Waals surface area contributed by atoms with Crippen LogP contribution in [-0.2, 0) is 0 Å². The maximum atomic E-state index is 13.0. The summed E-state index contributed by atoms with van der Waals surface area (Å²) in [5.74, 6) is -0.167. The highest BCUT2D eigenvalue weighted by Crippen LogP contribution is 2.29. The van der Waals surface area contributed by atoms with Crippen LogP contribution in [0.1, 0.15) is 23.5 Å². The van der Waals surface area contributed by atoms with Gasteiger partial charge >= 0.3 is 0 Å². The summed E-state index contributed by atoms with van der Waals surface area (Å²) in [5, 5.41) is 3.38. The molecule has 1 fully saturated rings. The lowest BCUT2D eigenvalue weighted by Gasteiger charge is -2.38. The van der Waals surface area contributed by atoms with E-state index in [-0.39, 0.29) is 17.8 Å². The third-order valence-corrected chi connectivity index (χ3v) is 5.36. The number of benzene rings is 1. The van der Waals surface area contributed by atoms with Gasteiger partial charge in [0.15, 0.2) is 0 Å². The van der Waals surface area contributed by atoms with E-state index in [1.165, 1.54) is 23.5 Å². The summed E-state index contributed by atoms with van der Waals surface area (Å²) in [6.07, 6.45) is 0. The number of hydrogen-bond donors (Lipinski definition) is 1. The summed E-state index contributed by atoms with van der Waals surface area (Å²) in [6, 6.07) is 10.6. The number of nitrogens with zero attached hydrogens (tertiary/aromatic N) is 1. The van der Waals surface area contributed by atoms with E-state index >= 15 is 0 Å². The van der Waals surface area contributed by atoms with Gasteiger partial charge in [0.05, 0.1) is 4.88 Å². The van der Waals surface area contributed by atoms with Gasteiger partial charge in [0.1, 0.15) is 5.82 Å². The summed E-state index contributed by atoms with van der Waals surface area (Å²) < 4.78 is 13.0. The van der Waals surface area contributed by atoms with Crippen LogP contribution in [0.15, 0.2) is 36.4 Å². The SMILES string of the molecule is CC1NCCN(C(=O)c2ccc(-c3ccc(F)cc3)s2)C1C. The highest BCUT2D eigenvalue weighted by Gasteiger charge is 2.29. The van der Waals surface area contributed by atoms with Gasteiger partial charge in [0.25, 0.3) is 5.91 Å². The standard InChI is InChI=1S/C17H19FN2OS/c1-11-12(2)20(10-9-19-11)17(21)16-8-7-15(22-16)13-3-5-14(18)6-4-13/h3-8,11-12,19H,9-10H2,1-2H3. The lowest BCUT2D eigenvalue weighted by molar-refractivity contribution is 0.0608. The number of rotatable bonds is 2. The molecule has 3 nitrogen and oxygen atoms in total. The number of amides is 1. The summed E-state index contributed by atoms with van der Waals surface area (Å²) >= 11 is 1.46. The first-order valence-corrected chi connectivity index (χ1v) is 8.28. The van der Waals surface area contributed by atoms with Gasteiger partial charge in [-0.3, -0.25) is 4.79 Å². The average molecular weight is 318 g/mol. The van der Waals surface area contributed by atoms with Crippen molar-refractivity contribution in [1.29, 1.82) is 0 Å². The monoisotopic (exact) mass is 318 g/mol. The molecule has 0 saturated carbocycles. The molecule has 5 heteroatoms. The zero-order valence-corrected chi connectivity index (χ0v) is 13.5. The third-order valence-electron chi connectivity index (χ3n) is 4.24. The Morgan fingerprint density at radius 3 is 2.68 bits per heavy atom. The minimum Gasteiger partial charge on any atom is -0.332 e. The molecule has 22 heavy (non-hydrogen) atoms. The van der Waals surface area contributed by atoms with Crippen molar-refractivity contribution in [2.75, 3.05) is 13.1 Å². The molecule has 1 aromatic heterocycles. The first kappa shape index (κ1) is 15.2. The Morgan fingerprint density at radius 1 is 1.23 bits per heavy atom. The van der Waals surface area contributed by atoms with E-state index in [9.17, 15) is 9.18 Å². The second kappa shape index (κ2) is 6.18. The number of thiophene rings is 1. The lowest BCUT2D eigenvalue weighted by Crippen LogP contribution is -2.57. The van der Waals surface area contributed by atoms with Gasteiger partial charge in [-0.1, -0.05) is 12.1 Å². The van der Waals surface area contributed by atoms with Crippen LogP contribution >= 0.6 is 11.3 Å². The van der Waals surface area contributed by atoms with Gasteiger partial charge in [-0.2, -0.15) is 0 Å². The second-order valence-corrected chi connectivity index (χ2v) is 6.74. The molecular weight excluding hydrogens is 299 g/mol. The van der Waals surface area contributed by atoms with Crippen molar-refractivity contribution in [1.82, 2.24) is 10.2 Å². The molecule has 0 spiro atoms. The Hall–Kier alpha value is -1.72. The van der Waals surface area contributed by atoms with E-state index in [0.717, 1.165) is 28.4 Å². The molecule has 1 aliphatic rings. The van der Waals surface area contributed by atoms with E-state index in [0.29, 0.717) is 6.04 Å². The number of halogens is 1. The minimum absolute atomic E-state index is 0.0826. The Bertz CT molecular complexity index is 668. The zero-order chi connectivity index (χ0) is 15.7. The molecular formula is C17H19FN2OS. The summed E-state index contributed by atoms with van der Waals surface area (Å²) in [6.45, 7) is 5.73. The maximum absolute atomic E-state index is 13.0. The molecule has 2 heterocycles. The fourth-order valence-electron chi connectivity index (χ4n) is 2.71. The minimum atomic E-state index is -0.250. The van der Waals surface area contributed by atoms with Gasteiger partial charge in [0.2, 0.25) is 0 Å². The van der Waals surface area contributed by atoms with E-state index in [2.05, 4.69) is 19.2 Å². The summed E-state index contributed by atoms with van der Waals surface area (Å²) in [5.41, 5.74) is 0.937. The van der Waals surface area contributed by atoms with Crippen LogP contribution < -0.4 is 5.32 Å². The smallest absolute Gasteiger partial charge is 0.264 e. The Balaban J connectivity index is 1.81. The summed E-state index contributed by atoms with van der Waals surface area (Å²) in [4.78, 5) is 16.4. The van der Waals surface area contributed by atoms with E-state index in [1.807, 2.05) is 17.0 Å². The van der Waals surface area contributed by atoms with Gasteiger partial charge < -0.3 is 10.2 Å². The lowest BCUT2D eigenvalue weighted by atomic mass is 10.1. The van der Waals surface area contributed by atoms with Gasteiger partial charge in [0, 0.05) is 30.1 Å². The Kier molecular flexibility index (Phi) is 4.27. The zero-order valence-electron chi connectivity index (χ0n) is 12.7. The highest BCUT2D eigenvalue weighted by atomic mass is 32.1. The molecule has 1 amide bonds. The van der Waals surface area contributed by atoms with Crippen molar-refractivity contribution in [2.24, 2.45) is 0 Å².